The van der Waals surface area contributed by atoms with Crippen molar-refractivity contribution in [1.82, 2.24) is 0 Å². The predicted molar refractivity (Wildman–Crippen MR) is 40.3 cm³/mol. The number of para-hydroxylation sites is 1. The number of ether oxygens (including phenoxy) is 2. The molecular weight excluding hydrogens is 196 g/mol. The smallest absolute Gasteiger partial charge is 0.231 e. The van der Waals surface area contributed by atoms with Crippen molar-refractivity contribution in [3.05, 3.63) is 22.7 Å². The van der Waals surface area contributed by atoms with Crippen LogP contribution in [0.15, 0.2) is 22.7 Å². The highest BCUT2D eigenvalue weighted by molar-refractivity contribution is 9.10. The van der Waals surface area contributed by atoms with Gasteiger partial charge in [-0.15, -0.1) is 0 Å². The third-order valence-corrected chi connectivity index (χ3v) is 1.85. The molecule has 10 heavy (non-hydrogen) atoms. The van der Waals surface area contributed by atoms with Crippen molar-refractivity contribution in [2.24, 2.45) is 0 Å². The Morgan fingerprint density at radius 3 is 3.20 bits per heavy atom. The second kappa shape index (κ2) is 2.16. The van der Waals surface area contributed by atoms with Crippen LogP contribution in [0.25, 0.3) is 0 Å². The highest BCUT2D eigenvalue weighted by atomic mass is 79.9. The molecule has 0 bridgehead atoms. The Balaban J connectivity index is 2.48. The van der Waals surface area contributed by atoms with Crippen molar-refractivity contribution >= 4 is 15.9 Å². The second-order valence-electron chi connectivity index (χ2n) is 1.85. The zero-order chi connectivity index (χ0) is 8.77. The van der Waals surface area contributed by atoms with Gasteiger partial charge in [-0.1, -0.05) is 6.07 Å². The molecule has 0 aromatic heterocycles. The molecule has 52 valence electrons. The SMILES string of the molecule is [2H]C1([2H])Oc2cccc(Br)c2O1. The maximum absolute atomic E-state index is 7.17. The summed E-state index contributed by atoms with van der Waals surface area (Å²) < 4.78 is 24.8. The molecule has 0 N–H and O–H groups in total. The molecular formula is C7H5BrO2. The summed E-state index contributed by atoms with van der Waals surface area (Å²) in [4.78, 5) is 0. The molecule has 0 radical (unpaired) electrons. The van der Waals surface area contributed by atoms with Crippen LogP contribution in [0.3, 0.4) is 0 Å². The van der Waals surface area contributed by atoms with Crippen LogP contribution < -0.4 is 9.47 Å². The fourth-order valence-electron chi connectivity index (χ4n) is 0.776. The molecule has 1 aliphatic rings. The summed E-state index contributed by atoms with van der Waals surface area (Å²) in [5.41, 5.74) is 0. The van der Waals surface area contributed by atoms with E-state index < -0.39 is 6.75 Å². The normalized spacial score (nSPS) is 21.7. The van der Waals surface area contributed by atoms with Crippen LogP contribution in [0.4, 0.5) is 0 Å². The van der Waals surface area contributed by atoms with Crippen LogP contribution in [0.2, 0.25) is 0 Å². The van der Waals surface area contributed by atoms with Crippen molar-refractivity contribution in [3.63, 3.8) is 0 Å². The highest BCUT2D eigenvalue weighted by Crippen LogP contribution is 2.38. The van der Waals surface area contributed by atoms with Crippen LogP contribution in [-0.4, -0.2) is 6.75 Å². The summed E-state index contributed by atoms with van der Waals surface area (Å²) >= 11 is 3.23. The fourth-order valence-corrected chi connectivity index (χ4v) is 1.20. The van der Waals surface area contributed by atoms with Gasteiger partial charge in [-0.3, -0.25) is 0 Å². The predicted octanol–water partition coefficient (Wildman–Crippen LogP) is 2.18. The van der Waals surface area contributed by atoms with E-state index in [1.54, 1.807) is 18.2 Å². The summed E-state index contributed by atoms with van der Waals surface area (Å²) in [7, 11) is 0. The fraction of sp³-hybridized carbons (Fsp3) is 0.143. The molecule has 0 unspecified atom stereocenters. The van der Waals surface area contributed by atoms with Gasteiger partial charge in [0.25, 0.3) is 0 Å². The lowest BCUT2D eigenvalue weighted by Gasteiger charge is -1.95. The van der Waals surface area contributed by atoms with Gasteiger partial charge in [-0.25, -0.2) is 0 Å². The maximum Gasteiger partial charge on any atom is 0.231 e. The van der Waals surface area contributed by atoms with Gasteiger partial charge in [0.1, 0.15) is 2.74 Å². The molecule has 0 fully saturated rings. The van der Waals surface area contributed by atoms with Gasteiger partial charge in [0.05, 0.1) is 4.47 Å². The van der Waals surface area contributed by atoms with Gasteiger partial charge in [0, 0.05) is 0 Å². The average molecular weight is 203 g/mol. The Labute approximate surface area is 69.7 Å². The van der Waals surface area contributed by atoms with E-state index in [9.17, 15) is 0 Å². The minimum absolute atomic E-state index is 0.419. The first-order valence-electron chi connectivity index (χ1n) is 3.75. The lowest BCUT2D eigenvalue weighted by molar-refractivity contribution is 0.173. The van der Waals surface area contributed by atoms with E-state index in [0.29, 0.717) is 16.0 Å². The van der Waals surface area contributed by atoms with Gasteiger partial charge in [-0.05, 0) is 28.1 Å². The quantitative estimate of drug-likeness (QED) is 0.643. The molecule has 0 aliphatic carbocycles. The van der Waals surface area contributed by atoms with Gasteiger partial charge in [0.15, 0.2) is 11.5 Å². The molecule has 0 spiro atoms. The number of benzene rings is 1. The summed E-state index contributed by atoms with van der Waals surface area (Å²) in [6.07, 6.45) is 0. The van der Waals surface area contributed by atoms with Gasteiger partial charge in [0.2, 0.25) is 6.75 Å². The lowest BCUT2D eigenvalue weighted by atomic mass is 10.3. The zero-order valence-corrected chi connectivity index (χ0v) is 6.51. The molecule has 1 aromatic rings. The summed E-state index contributed by atoms with van der Waals surface area (Å²) in [5.74, 6) is 0.844. The van der Waals surface area contributed by atoms with Crippen molar-refractivity contribution in [3.8, 4) is 11.5 Å². The Bertz CT molecular complexity index is 327. The van der Waals surface area contributed by atoms with E-state index >= 15 is 0 Å². The third kappa shape index (κ3) is 0.778. The Morgan fingerprint density at radius 2 is 2.40 bits per heavy atom. The Kier molecular flexibility index (Phi) is 0.916. The Hall–Kier alpha value is -0.700. The van der Waals surface area contributed by atoms with Crippen LogP contribution in [-0.2, 0) is 0 Å². The molecule has 3 heteroatoms. The van der Waals surface area contributed by atoms with E-state index in [0.717, 1.165) is 0 Å². The maximum atomic E-state index is 7.17. The molecule has 0 amide bonds. The molecule has 2 rings (SSSR count). The van der Waals surface area contributed by atoms with Gasteiger partial charge >= 0.3 is 0 Å². The molecule has 1 aromatic carbocycles. The number of fused-ring (bicyclic) bond motifs is 1. The van der Waals surface area contributed by atoms with E-state index in [2.05, 4.69) is 15.9 Å². The monoisotopic (exact) mass is 202 g/mol. The standard InChI is InChI=1S/C7H5BrO2/c8-5-2-1-3-6-7(5)10-4-9-6/h1-3H,4H2/i4D2. The number of hydrogen-bond donors (Lipinski definition) is 0. The lowest BCUT2D eigenvalue weighted by Crippen LogP contribution is -1.93. The minimum atomic E-state index is -2.04. The van der Waals surface area contributed by atoms with Crippen LogP contribution in [0.5, 0.6) is 11.5 Å². The number of hydrogen-bond acceptors (Lipinski definition) is 2. The van der Waals surface area contributed by atoms with Crippen LogP contribution >= 0.6 is 15.9 Å². The first-order valence-corrected chi connectivity index (χ1v) is 3.54. The number of rotatable bonds is 0. The molecule has 1 aliphatic heterocycles. The van der Waals surface area contributed by atoms with Gasteiger partial charge < -0.3 is 9.47 Å². The van der Waals surface area contributed by atoms with E-state index in [4.69, 9.17) is 12.2 Å². The van der Waals surface area contributed by atoms with Crippen LogP contribution in [0, 0.1) is 0 Å². The third-order valence-electron chi connectivity index (χ3n) is 1.23. The summed E-state index contributed by atoms with van der Waals surface area (Å²) in [6.45, 7) is -2.04. The van der Waals surface area contributed by atoms with E-state index in [1.165, 1.54) is 0 Å². The second-order valence-corrected chi connectivity index (χ2v) is 2.71. The molecule has 0 atom stereocenters. The van der Waals surface area contributed by atoms with E-state index in [1.807, 2.05) is 0 Å². The summed E-state index contributed by atoms with van der Waals surface area (Å²) in [5, 5.41) is 0. The first kappa shape index (κ1) is 4.23. The van der Waals surface area contributed by atoms with Crippen molar-refractivity contribution in [2.45, 2.75) is 0 Å². The van der Waals surface area contributed by atoms with Crippen molar-refractivity contribution in [1.29, 1.82) is 0 Å². The minimum Gasteiger partial charge on any atom is -0.454 e. The first-order chi connectivity index (χ1) is 5.58. The van der Waals surface area contributed by atoms with Crippen molar-refractivity contribution < 1.29 is 12.2 Å². The molecule has 0 saturated heterocycles. The Morgan fingerprint density at radius 1 is 1.50 bits per heavy atom. The average Bonchev–Trinajstić information content (AvgIpc) is 2.25. The molecule has 2 nitrogen and oxygen atoms in total. The number of halogens is 1. The molecule has 0 saturated carbocycles. The van der Waals surface area contributed by atoms with Gasteiger partial charge in [-0.2, -0.15) is 0 Å². The topological polar surface area (TPSA) is 18.5 Å². The zero-order valence-electron chi connectivity index (χ0n) is 6.93. The van der Waals surface area contributed by atoms with Crippen LogP contribution in [0.1, 0.15) is 2.74 Å². The highest BCUT2D eigenvalue weighted by Gasteiger charge is 2.14. The molecule has 1 heterocycles. The largest absolute Gasteiger partial charge is 0.454 e. The van der Waals surface area contributed by atoms with Crippen molar-refractivity contribution in [2.75, 3.05) is 6.75 Å². The van der Waals surface area contributed by atoms with E-state index in [-0.39, 0.29) is 0 Å². The summed E-state index contributed by atoms with van der Waals surface area (Å²) in [6, 6.07) is 5.18.